The lowest BCUT2D eigenvalue weighted by Gasteiger charge is -2.37. The van der Waals surface area contributed by atoms with E-state index in [2.05, 4.69) is 4.74 Å². The Morgan fingerprint density at radius 1 is 0.412 bits per heavy atom. The highest BCUT2D eigenvalue weighted by molar-refractivity contribution is 8.00. The molecule has 0 spiro atoms. The van der Waals surface area contributed by atoms with Gasteiger partial charge in [-0.1, -0.05) is 0 Å². The summed E-state index contributed by atoms with van der Waals surface area (Å²) in [5.74, 6) is -4.48. The smallest absolute Gasteiger partial charge is 0.303 e. The van der Waals surface area contributed by atoms with Crippen molar-refractivity contribution in [1.82, 2.24) is 0 Å². The van der Waals surface area contributed by atoms with Crippen LogP contribution in [0.15, 0.2) is 0 Å². The lowest BCUT2D eigenvalue weighted by molar-refractivity contribution is -0.286. The van der Waals surface area contributed by atoms with E-state index in [1.54, 1.807) is 78.9 Å². The zero-order valence-corrected chi connectivity index (χ0v) is 75.9. The Balaban J connectivity index is 0.000000160. The quantitative estimate of drug-likeness (QED) is 0.0720. The minimum absolute atomic E-state index is 0.0550. The summed E-state index contributed by atoms with van der Waals surface area (Å²) in [6.07, 6.45) is -14.2. The fraction of sp³-hybridized carbons (Fsp3) is 0.986. The molecule has 0 radical (unpaired) electrons. The molecular weight excluding hydrogens is 1690 g/mol. The summed E-state index contributed by atoms with van der Waals surface area (Å²) >= 11 is 5.06. The number of carbonyl (C=O) groups excluding carboxylic acids is 1. The number of hydrogen-bond acceptors (Lipinski definition) is 43. The first-order valence-corrected chi connectivity index (χ1v) is 46.4. The molecule has 15 aliphatic rings. The lowest BCUT2D eigenvalue weighted by Crippen LogP contribution is -2.58. The van der Waals surface area contributed by atoms with Gasteiger partial charge in [0.1, 0.15) is 122 Å². The molecule has 45 heteroatoms. The zero-order chi connectivity index (χ0) is 88.9. The van der Waals surface area contributed by atoms with Gasteiger partial charge in [-0.2, -0.15) is 40.4 Å². The van der Waals surface area contributed by atoms with E-state index in [1.807, 2.05) is 94.8 Å². The Hall–Kier alpha value is -0.940. The first kappa shape index (κ1) is 102. The van der Waals surface area contributed by atoms with Crippen molar-refractivity contribution in [3.05, 3.63) is 0 Å². The van der Waals surface area contributed by atoms with E-state index in [1.165, 1.54) is 6.92 Å². The average Bonchev–Trinajstić information content (AvgIpc) is 1.60. The summed E-state index contributed by atoms with van der Waals surface area (Å²) in [6, 6.07) is 0. The number of rotatable bonds is 16. The van der Waals surface area contributed by atoms with E-state index >= 15 is 0 Å². The second-order valence-electron chi connectivity index (χ2n) is 35.5. The van der Waals surface area contributed by atoms with Crippen LogP contribution in [0.25, 0.3) is 0 Å². The molecule has 15 rings (SSSR count). The van der Waals surface area contributed by atoms with Crippen LogP contribution in [-0.4, -0.2) is 389 Å². The van der Waals surface area contributed by atoms with E-state index in [0.29, 0.717) is 25.1 Å². The normalized spacial score (nSPS) is 42.0. The fourth-order valence-corrected chi connectivity index (χ4v) is 20.8. The monoisotopic (exact) mass is 1820 g/mol. The third kappa shape index (κ3) is 28.0. The summed E-state index contributed by atoms with van der Waals surface area (Å²) in [6.45, 7) is 38.0. The number of carbonyl (C=O) groups is 1. The molecule has 0 amide bonds. The number of aliphatic hydroxyl groups is 10. The van der Waals surface area contributed by atoms with Crippen molar-refractivity contribution in [3.63, 3.8) is 0 Å². The van der Waals surface area contributed by atoms with Gasteiger partial charge in [-0.15, -0.1) is 11.8 Å². The Morgan fingerprint density at radius 3 is 1.35 bits per heavy atom. The summed E-state index contributed by atoms with van der Waals surface area (Å²) in [5, 5.41) is 92.8. The van der Waals surface area contributed by atoms with Gasteiger partial charge in [0.15, 0.2) is 75.9 Å². The predicted octanol–water partition coefficient (Wildman–Crippen LogP) is 0.0350. The molecule has 14 unspecified atom stereocenters. The minimum Gasteiger partial charge on any atom is -0.449 e. The lowest BCUT2D eigenvalue weighted by atomic mass is 10.00. The third-order valence-electron chi connectivity index (χ3n) is 20.3. The van der Waals surface area contributed by atoms with Gasteiger partial charge in [-0.05, 0) is 138 Å². The maximum Gasteiger partial charge on any atom is 0.303 e. The predicted molar refractivity (Wildman–Crippen MR) is 417 cm³/mol. The SMILES string of the molecule is CC(=O)O[C@H]1SC[C@@H]2OC(C)(C)OC21.CC1(C)OC2[C@H](C(O)CO)SC[C@@H]2O1.CC1(C)OCC([C@@H](O)[C@H]2OC(C)(C)OC2CO)O1.CC1(C)OCC([C@@H](OS(C)(=O)=O)[C@H]2OC(C)(C)OC2COS(C)(=O)=O)O1.CC1(C)OCC([C@@H]2SC[C@@H]3OC(C)(C)OC23)O1.CC1(C)OCC([C@H]2OC(O)C3OC(C)(C)O[C@@H]32)O1.OCC1O[C@@H](O)C(O)[C@H](O)[C@@H]1O. The molecule has 15 aliphatic heterocycles. The minimum atomic E-state index is -3.87. The van der Waals surface area contributed by atoms with Gasteiger partial charge in [0.25, 0.3) is 20.2 Å². The van der Waals surface area contributed by atoms with Crippen LogP contribution in [0.3, 0.4) is 0 Å². The van der Waals surface area contributed by atoms with Crippen LogP contribution >= 0.6 is 35.3 Å². The molecule has 119 heavy (non-hydrogen) atoms. The fourth-order valence-electron chi connectivity index (χ4n) is 15.7. The second kappa shape index (κ2) is 39.4. The molecule has 0 aliphatic carbocycles. The van der Waals surface area contributed by atoms with Crippen molar-refractivity contribution < 1.29 is 190 Å². The number of esters is 1. The van der Waals surface area contributed by atoms with Crippen molar-refractivity contribution >= 4 is 61.5 Å². The number of aliphatic hydroxyl groups excluding tert-OH is 10. The molecule has 0 aromatic rings. The molecule has 10 N–H and O–H groups in total. The summed E-state index contributed by atoms with van der Waals surface area (Å²) in [7, 11) is -7.59. The average molecular weight is 1820 g/mol. The van der Waals surface area contributed by atoms with Crippen LogP contribution in [0.2, 0.25) is 0 Å². The Labute approximate surface area is 708 Å². The molecule has 0 bridgehead atoms. The van der Waals surface area contributed by atoms with Gasteiger partial charge in [-0.3, -0.25) is 13.2 Å². The molecule has 15 fully saturated rings. The van der Waals surface area contributed by atoms with Crippen molar-refractivity contribution in [3.8, 4) is 0 Å². The van der Waals surface area contributed by atoms with Crippen molar-refractivity contribution in [2.45, 2.75) is 378 Å². The largest absolute Gasteiger partial charge is 0.449 e. The van der Waals surface area contributed by atoms with Gasteiger partial charge in [0, 0.05) is 24.2 Å². The summed E-state index contributed by atoms with van der Waals surface area (Å²) < 4.78 is 185. The summed E-state index contributed by atoms with van der Waals surface area (Å²) in [4.78, 5) is 10.8. The standard InChI is InChI=1S/C14H26O10S2.C12H20O6.C12H22O6.C12H20O4S.C9H16O4S.C9H14O4S.C6H12O6/c1-13(2)19-7-9(21-13)12(24-26(6,17)18)11-10(8-20-25(5,15)16)22-14(3,4)23-11;1-11(2)14-5-6(16-11)7-8-9(10(13)15-7)18-12(3,4)17-8;1-11(2)15-6-8(17-11)9(14)10-7(5-13)16-12(3,4)18-10;1-11(2)13-5-7(14-11)10-9-8(6-17-10)15-12(3,4)16-9;1-9(2)12-6-4-14-8(5(11)3-10)7(6)13-9;1-5(10)11-8-7-6(4-14-8)12-9(2,3)13-7;7-1-2-3(8)4(9)5(10)6(11)12-2/h9-12H,7-8H2,1-6H3;6-10,13H,5H2,1-4H3;7-10,13-14H,5-6H2,1-4H3;7-10H,5-6H2,1-4H3;5-8,10-11H,3-4H2,1-2H3;6-8H,4H2,1-3H3;2-11H,1H2/t9?,10?,11-,12+;6?,7-,8-,9?,10?;7?,8?,9-,10+;7?,8-,9?,10-;5?,6-,7?,8-;6-,7?,8-;2?,3-,4-,5?,6-/m0110001/s1. The van der Waals surface area contributed by atoms with E-state index in [0.717, 1.165) is 29.8 Å². The van der Waals surface area contributed by atoms with Gasteiger partial charge >= 0.3 is 5.97 Å². The highest BCUT2D eigenvalue weighted by Crippen LogP contribution is 2.48. The van der Waals surface area contributed by atoms with Gasteiger partial charge in [0.2, 0.25) is 0 Å². The Kier molecular flexibility index (Phi) is 33.7. The maximum atomic E-state index is 11.8. The van der Waals surface area contributed by atoms with E-state index < -0.39 is 183 Å². The molecule has 696 valence electrons. The van der Waals surface area contributed by atoms with Crippen LogP contribution in [-0.2, 0) is 142 Å². The molecule has 15 heterocycles. The van der Waals surface area contributed by atoms with Gasteiger partial charge in [0.05, 0.1) is 100 Å². The second-order valence-corrected chi connectivity index (χ2v) is 42.3. The molecule has 0 aromatic carbocycles. The van der Waals surface area contributed by atoms with E-state index in [9.17, 15) is 42.1 Å². The summed E-state index contributed by atoms with van der Waals surface area (Å²) in [5.41, 5.74) is -0.209. The van der Waals surface area contributed by atoms with Crippen LogP contribution in [0.5, 0.6) is 0 Å². The van der Waals surface area contributed by atoms with Gasteiger partial charge in [-0.25, -0.2) is 0 Å². The maximum absolute atomic E-state index is 11.8. The molecule has 29 atom stereocenters. The molecular formula is C74H130O40S5. The molecule has 0 saturated carbocycles. The molecule has 40 nitrogen and oxygen atoms in total. The van der Waals surface area contributed by atoms with Gasteiger partial charge < -0.3 is 160 Å². The molecule has 15 saturated heterocycles. The highest BCUT2D eigenvalue weighted by atomic mass is 32.2. The van der Waals surface area contributed by atoms with E-state index in [4.69, 9.17) is 143 Å². The molecule has 0 aromatic heterocycles. The van der Waals surface area contributed by atoms with Crippen molar-refractivity contribution in [1.29, 1.82) is 0 Å². The van der Waals surface area contributed by atoms with Crippen LogP contribution < -0.4 is 0 Å². The van der Waals surface area contributed by atoms with Crippen molar-refractivity contribution in [2.75, 3.05) is 82.6 Å². The number of ether oxygens (including phenoxy) is 23. The Bertz CT molecular complexity index is 3490. The van der Waals surface area contributed by atoms with Crippen molar-refractivity contribution in [2.24, 2.45) is 0 Å². The highest BCUT2D eigenvalue weighted by Gasteiger charge is 2.61. The van der Waals surface area contributed by atoms with Crippen LogP contribution in [0.4, 0.5) is 0 Å². The number of thioether (sulfide) groups is 3. The zero-order valence-electron chi connectivity index (χ0n) is 71.8. The van der Waals surface area contributed by atoms with Crippen LogP contribution in [0.1, 0.15) is 145 Å². The topological polar surface area (TPSA) is 518 Å². The number of hydrogen-bond donors (Lipinski definition) is 10. The first-order chi connectivity index (χ1) is 54.5. The van der Waals surface area contributed by atoms with E-state index in [-0.39, 0.29) is 104 Å². The van der Waals surface area contributed by atoms with Crippen LogP contribution in [0, 0.1) is 0 Å². The first-order valence-electron chi connectivity index (χ1n) is 39.6. The Morgan fingerprint density at radius 2 is 0.849 bits per heavy atom. The number of fused-ring (bicyclic) bond motifs is 4. The third-order valence-corrected chi connectivity index (χ3v) is 25.6.